The minimum Gasteiger partial charge on any atom is -0.495 e. The van der Waals surface area contributed by atoms with Crippen LogP contribution in [0.4, 0.5) is 63.1 Å². The first-order chi connectivity index (χ1) is 60.3. The molecular formula is C88H124ClN27O9Si2. The molecule has 8 N–H and O–H groups in total. The summed E-state index contributed by atoms with van der Waals surface area (Å²) in [5.74, 6) is 1.43. The number of aromatic nitrogens is 15. The lowest BCUT2D eigenvalue weighted by molar-refractivity contribution is -0.112. The fourth-order valence-corrected chi connectivity index (χ4v) is 14.5. The second kappa shape index (κ2) is 45.1. The Bertz CT molecular complexity index is 5760. The molecule has 0 spiro atoms. The van der Waals surface area contributed by atoms with Crippen molar-refractivity contribution in [3.8, 4) is 51.0 Å². The molecule has 0 radical (unpaired) electrons. The summed E-state index contributed by atoms with van der Waals surface area (Å²) in [6.45, 7) is 31.6. The molecule has 680 valence electrons. The number of anilines is 11. The van der Waals surface area contributed by atoms with Crippen molar-refractivity contribution in [2.24, 2.45) is 21.1 Å². The number of fused-ring (bicyclic) bond motifs is 3. The lowest BCUT2D eigenvalue weighted by atomic mass is 10.2. The lowest BCUT2D eigenvalue weighted by Gasteiger charge is -2.26. The Labute approximate surface area is 750 Å². The van der Waals surface area contributed by atoms with Crippen LogP contribution in [0.1, 0.15) is 0 Å². The van der Waals surface area contributed by atoms with Crippen LogP contribution in [0.3, 0.4) is 0 Å². The van der Waals surface area contributed by atoms with Gasteiger partial charge in [-0.05, 0) is 121 Å². The van der Waals surface area contributed by atoms with Crippen molar-refractivity contribution in [2.75, 3.05) is 184 Å². The topological polar surface area (TPSA) is 369 Å². The summed E-state index contributed by atoms with van der Waals surface area (Å²) < 4.78 is 39.4. The van der Waals surface area contributed by atoms with Crippen molar-refractivity contribution < 1.29 is 43.2 Å². The van der Waals surface area contributed by atoms with Crippen LogP contribution in [-0.2, 0) is 65.2 Å². The Morgan fingerprint density at radius 1 is 0.465 bits per heavy atom. The van der Waals surface area contributed by atoms with E-state index in [1.807, 2.05) is 177 Å². The van der Waals surface area contributed by atoms with E-state index < -0.39 is 16.1 Å². The van der Waals surface area contributed by atoms with Crippen molar-refractivity contribution in [2.45, 2.75) is 71.6 Å². The Balaban J connectivity index is 0.000000199. The average molecular weight is 1800 g/mol. The highest BCUT2D eigenvalue weighted by Gasteiger charge is 2.25. The molecule has 0 bridgehead atoms. The van der Waals surface area contributed by atoms with Gasteiger partial charge < -0.3 is 104 Å². The number of methoxy groups -OCH3 is 3. The zero-order chi connectivity index (χ0) is 92.7. The Morgan fingerprint density at radius 3 is 1.12 bits per heavy atom. The van der Waals surface area contributed by atoms with Gasteiger partial charge in [-0.15, -0.1) is 0 Å². The van der Waals surface area contributed by atoms with Gasteiger partial charge in [0.05, 0.1) is 108 Å². The molecule has 3 amide bonds. The molecular weight excluding hydrogens is 1670 g/mol. The quantitative estimate of drug-likeness (QED) is 0.00618. The van der Waals surface area contributed by atoms with E-state index in [1.165, 1.54) is 18.2 Å². The summed E-state index contributed by atoms with van der Waals surface area (Å²) in [6.07, 6.45) is 20.4. The predicted octanol–water partition coefficient (Wildman–Crippen LogP) is 12.9. The molecule has 0 atom stereocenters. The van der Waals surface area contributed by atoms with E-state index in [9.17, 15) is 19.5 Å². The molecule has 3 aromatic carbocycles. The molecule has 0 unspecified atom stereocenters. The van der Waals surface area contributed by atoms with E-state index in [1.54, 1.807) is 76.9 Å². The minimum atomic E-state index is -1.21. The molecule has 0 aliphatic rings. The van der Waals surface area contributed by atoms with E-state index in [0.29, 0.717) is 88.7 Å². The van der Waals surface area contributed by atoms with Crippen molar-refractivity contribution in [1.29, 1.82) is 0 Å². The predicted molar refractivity (Wildman–Crippen MR) is 517 cm³/mol. The summed E-state index contributed by atoms with van der Waals surface area (Å²) in [5, 5.41) is 40.7. The maximum atomic E-state index is 12.4. The van der Waals surface area contributed by atoms with Crippen LogP contribution in [0.15, 0.2) is 148 Å². The number of rotatable bonds is 39. The molecule has 9 aromatic heterocycles. The van der Waals surface area contributed by atoms with Crippen LogP contribution >= 0.6 is 11.6 Å². The first kappa shape index (κ1) is 98.3. The number of carbonyl (C=O) groups is 3. The van der Waals surface area contributed by atoms with Crippen LogP contribution < -0.4 is 61.2 Å². The summed E-state index contributed by atoms with van der Waals surface area (Å²) in [6, 6.07) is 19.0. The Morgan fingerprint density at radius 2 is 0.795 bits per heavy atom. The molecule has 0 saturated carbocycles. The smallest absolute Gasteiger partial charge is 0.247 e. The molecule has 36 nitrogen and oxygen atoms in total. The summed E-state index contributed by atoms with van der Waals surface area (Å²) in [5.41, 5.74) is 18.6. The average Bonchev–Trinajstić information content (AvgIpc) is 1.61. The fourth-order valence-electron chi connectivity index (χ4n) is 12.9. The van der Waals surface area contributed by atoms with Crippen LogP contribution in [0, 0.1) is 0 Å². The monoisotopic (exact) mass is 1790 g/mol. The highest BCUT2D eigenvalue weighted by Crippen LogP contribution is 2.42. The van der Waals surface area contributed by atoms with Crippen molar-refractivity contribution >= 4 is 142 Å². The molecule has 0 fully saturated rings. The largest absolute Gasteiger partial charge is 0.495 e. The first-order valence-corrected chi connectivity index (χ1v) is 49.0. The van der Waals surface area contributed by atoms with E-state index in [4.69, 9.17) is 56.0 Å². The number of carbonyl (C=O) groups excluding carboxylic acids is 3. The zero-order valence-electron chi connectivity index (χ0n) is 77.0. The molecule has 127 heavy (non-hydrogen) atoms. The highest BCUT2D eigenvalue weighted by atomic mass is 35.5. The molecule has 39 heteroatoms. The third-order valence-electron chi connectivity index (χ3n) is 20.1. The number of halogens is 1. The highest BCUT2D eigenvalue weighted by molar-refractivity contribution is 6.76. The number of nitrogen functional groups attached to an aromatic ring is 1. The molecule has 12 rings (SSSR count). The number of amides is 3. The molecule has 9 heterocycles. The van der Waals surface area contributed by atoms with E-state index in [0.717, 1.165) is 131 Å². The van der Waals surface area contributed by atoms with E-state index >= 15 is 0 Å². The standard InChI is InChI=1S/C31H45N9O3Si.C26H33N9O3.C16H22ClN5OSi.C15H24N4O2/c1-10-28(41)33-24-17-25(27(42-6)18-26(24)38(4)14-13-37(2)3)34-31-35-29(22-19-32-39(5)20-22)23-11-12-40(30(23)36-31)21-43-15-16-44(7,8)9;1-7-23(37)28-19-12-20(22(38-6)13-21(19)33(4)11-10-32(2)3)29-26-30-24(17-14-27-34(5)15-17)18-8-9-35(16-36)25(18)31-26;1-21-10-12(9-18-21)14-13-5-6-22(15(13)20-16(17)19-14)11-23-7-8-24(2,3)4;1-6-15(20)17-12-9-11(16)14(21-5)10-13(12)19(4)8-7-18(2)3/h10-12,17-20H,1,13-16,21H2,2-9H3,(H,33,41)(H,34,35,36);7-9,12-15,36H,1,10-11,16H2,2-6H3,(H,28,37)(H,29,30,31);5-6,9-10H,7-8,11H2,1-4H3;6,9-10H,1,7-8,16H2,2-5H3,(H,17,20). The summed E-state index contributed by atoms with van der Waals surface area (Å²) in [7, 11) is 26.0. The maximum Gasteiger partial charge on any atom is 0.247 e. The minimum absolute atomic E-state index is 0.225. The number of hydrogen-bond acceptors (Lipinski definition) is 27. The van der Waals surface area contributed by atoms with Gasteiger partial charge in [0.25, 0.3) is 0 Å². The number of hydrogen-bond donors (Lipinski definition) is 7. The van der Waals surface area contributed by atoms with Crippen molar-refractivity contribution in [1.82, 2.24) is 87.6 Å². The normalized spacial score (nSPS) is 11.4. The van der Waals surface area contributed by atoms with Gasteiger partial charge in [0, 0.05) is 199 Å². The summed E-state index contributed by atoms with van der Waals surface area (Å²) >= 11 is 6.13. The van der Waals surface area contributed by atoms with Gasteiger partial charge in [0.15, 0.2) is 0 Å². The van der Waals surface area contributed by atoms with Gasteiger partial charge in [-0.2, -0.15) is 30.2 Å². The van der Waals surface area contributed by atoms with Gasteiger partial charge in [0.2, 0.25) is 34.9 Å². The zero-order valence-corrected chi connectivity index (χ0v) is 79.8. The second-order valence-corrected chi connectivity index (χ2v) is 45.1. The van der Waals surface area contributed by atoms with Crippen LogP contribution in [0.25, 0.3) is 66.9 Å². The number of nitrogens with zero attached hydrogens (tertiary/aromatic N) is 21. The molecule has 0 aliphatic heterocycles. The van der Waals surface area contributed by atoms with Gasteiger partial charge in [-0.25, -0.2) is 15.0 Å². The number of aliphatic hydroxyl groups excluding tert-OH is 1. The van der Waals surface area contributed by atoms with Gasteiger partial charge in [0.1, 0.15) is 54.4 Å². The van der Waals surface area contributed by atoms with E-state index in [-0.39, 0.29) is 35.7 Å². The number of aryl methyl sites for hydroxylation is 3. The number of aliphatic hydroxyl groups is 1. The number of ether oxygens (including phenoxy) is 5. The Kier molecular flexibility index (Phi) is 34.9. The third kappa shape index (κ3) is 27.5. The third-order valence-corrected chi connectivity index (χ3v) is 23.6. The van der Waals surface area contributed by atoms with Crippen molar-refractivity contribution in [3.05, 3.63) is 154 Å². The van der Waals surface area contributed by atoms with Gasteiger partial charge in [-0.1, -0.05) is 59.0 Å². The number of nitrogens with two attached hydrogens (primary N) is 1. The van der Waals surface area contributed by atoms with Gasteiger partial charge >= 0.3 is 0 Å². The lowest BCUT2D eigenvalue weighted by Crippen LogP contribution is -2.29. The summed E-state index contributed by atoms with van der Waals surface area (Å²) in [4.78, 5) is 76.7. The van der Waals surface area contributed by atoms with Gasteiger partial charge in [-0.3, -0.25) is 28.4 Å². The number of likely N-dealkylation sites (N-methyl/N-ethyl adjacent to an activating group) is 6. The van der Waals surface area contributed by atoms with Crippen LogP contribution in [0.2, 0.25) is 56.7 Å². The SMILES string of the molecule is C=CC(=O)Nc1cc(N)c(OC)cc1N(C)CCN(C)C.C=CC(=O)Nc1cc(Nc2nc(-c3cnn(C)c3)c3ccn(CO)c3n2)c(OC)cc1N(C)CCN(C)C.C=CC(=O)Nc1cc(Nc2nc(-c3cnn(C)c3)c3ccn(COCC[Si](C)(C)C)c3n2)c(OC)cc1N(C)CCN(C)C.Cn1cc(-c2nc(Cl)nc3c2ccn3COCC[Si](C)(C)C)cn1. The molecule has 12 aromatic rings. The fraction of sp³-hybridized carbons (Fsp3) is 0.386. The second-order valence-electron chi connectivity index (χ2n) is 33.5. The maximum absolute atomic E-state index is 12.4. The van der Waals surface area contributed by atoms with Crippen LogP contribution in [-0.4, -0.2) is 264 Å². The van der Waals surface area contributed by atoms with Crippen LogP contribution in [0.5, 0.6) is 17.2 Å². The number of benzene rings is 3. The Hall–Kier alpha value is -12.5. The van der Waals surface area contributed by atoms with E-state index in [2.05, 4.69) is 135 Å². The number of nitrogens with one attached hydrogen (secondary N) is 5. The first-order valence-electron chi connectivity index (χ1n) is 41.2. The van der Waals surface area contributed by atoms with Crippen molar-refractivity contribution in [3.63, 3.8) is 0 Å². The molecule has 0 aliphatic carbocycles. The molecule has 0 saturated heterocycles.